The predicted octanol–water partition coefficient (Wildman–Crippen LogP) is 5.16. The normalized spacial score (nSPS) is 12.8. The van der Waals surface area contributed by atoms with Gasteiger partial charge in [0.2, 0.25) is 0 Å². The van der Waals surface area contributed by atoms with Crippen molar-refractivity contribution in [1.29, 1.82) is 0 Å². The van der Waals surface area contributed by atoms with Crippen molar-refractivity contribution >= 4 is 23.3 Å². The number of hydrogen-bond acceptors (Lipinski definition) is 4. The monoisotopic (exact) mass is 427 g/mol. The van der Waals surface area contributed by atoms with Gasteiger partial charge in [0.25, 0.3) is 0 Å². The molecule has 5 nitrogen and oxygen atoms in total. The first-order valence-corrected chi connectivity index (χ1v) is 9.79. The standard InChI is InChI=1S/C23H19ClFNO4/c24-17-9-8-16(19(25)12-17)14-30-21-7-2-1-4-15(21)13-26-10-11-29-22-18(23(27)28)5-3-6-20(22)26/h1-9,12H,10-11,13-14H2,(H,27,28). The van der Waals surface area contributed by atoms with E-state index in [0.29, 0.717) is 41.8 Å². The van der Waals surface area contributed by atoms with Crippen molar-refractivity contribution < 1.29 is 23.8 Å². The third-order valence-corrected chi connectivity index (χ3v) is 5.14. The zero-order chi connectivity index (χ0) is 21.1. The number of fused-ring (bicyclic) bond motifs is 1. The lowest BCUT2D eigenvalue weighted by atomic mass is 10.1. The highest BCUT2D eigenvalue weighted by Crippen LogP contribution is 2.36. The number of carbonyl (C=O) groups is 1. The van der Waals surface area contributed by atoms with Gasteiger partial charge in [-0.1, -0.05) is 41.9 Å². The van der Waals surface area contributed by atoms with Crippen molar-refractivity contribution in [3.8, 4) is 11.5 Å². The van der Waals surface area contributed by atoms with Gasteiger partial charge in [-0.15, -0.1) is 0 Å². The van der Waals surface area contributed by atoms with Gasteiger partial charge in [-0.25, -0.2) is 9.18 Å². The van der Waals surface area contributed by atoms with Crippen LogP contribution in [0.4, 0.5) is 10.1 Å². The number of aromatic carboxylic acids is 1. The lowest BCUT2D eigenvalue weighted by Gasteiger charge is -2.32. The van der Waals surface area contributed by atoms with Crippen LogP contribution < -0.4 is 14.4 Å². The third-order valence-electron chi connectivity index (χ3n) is 4.91. The maximum Gasteiger partial charge on any atom is 0.339 e. The van der Waals surface area contributed by atoms with Gasteiger partial charge in [-0.3, -0.25) is 0 Å². The fourth-order valence-corrected chi connectivity index (χ4v) is 3.57. The van der Waals surface area contributed by atoms with Crippen LogP contribution in [0.3, 0.4) is 0 Å². The summed E-state index contributed by atoms with van der Waals surface area (Å²) >= 11 is 5.81. The Morgan fingerprint density at radius 1 is 1.13 bits per heavy atom. The summed E-state index contributed by atoms with van der Waals surface area (Å²) in [6.07, 6.45) is 0. The molecule has 0 bridgehead atoms. The molecule has 1 heterocycles. The number of hydrogen-bond donors (Lipinski definition) is 1. The van der Waals surface area contributed by atoms with Crippen LogP contribution in [0.25, 0.3) is 0 Å². The van der Waals surface area contributed by atoms with Gasteiger partial charge < -0.3 is 19.5 Å². The van der Waals surface area contributed by atoms with Crippen LogP contribution in [0.1, 0.15) is 21.5 Å². The van der Waals surface area contributed by atoms with Crippen molar-refractivity contribution in [2.45, 2.75) is 13.2 Å². The quantitative estimate of drug-likeness (QED) is 0.589. The van der Waals surface area contributed by atoms with E-state index in [4.69, 9.17) is 21.1 Å². The molecule has 30 heavy (non-hydrogen) atoms. The first-order valence-electron chi connectivity index (χ1n) is 9.41. The Morgan fingerprint density at radius 2 is 1.97 bits per heavy atom. The second kappa shape index (κ2) is 8.63. The second-order valence-corrected chi connectivity index (χ2v) is 7.30. The number of carboxylic acid groups (broad SMARTS) is 1. The molecule has 1 N–H and O–H groups in total. The van der Waals surface area contributed by atoms with Crippen LogP contribution in [0.5, 0.6) is 11.5 Å². The first-order chi connectivity index (χ1) is 14.5. The van der Waals surface area contributed by atoms with Crippen LogP contribution in [-0.2, 0) is 13.2 Å². The lowest BCUT2D eigenvalue weighted by molar-refractivity contribution is 0.0692. The minimum absolute atomic E-state index is 0.0723. The van der Waals surface area contributed by atoms with Crippen LogP contribution in [0.2, 0.25) is 5.02 Å². The van der Waals surface area contributed by atoms with E-state index in [2.05, 4.69) is 4.90 Å². The molecule has 154 valence electrons. The summed E-state index contributed by atoms with van der Waals surface area (Å²) in [5.41, 5.74) is 2.18. The van der Waals surface area contributed by atoms with Crippen molar-refractivity contribution in [2.24, 2.45) is 0 Å². The Kier molecular flexibility index (Phi) is 5.77. The summed E-state index contributed by atoms with van der Waals surface area (Å²) in [6, 6.07) is 17.1. The van der Waals surface area contributed by atoms with Crippen LogP contribution in [0, 0.1) is 5.82 Å². The molecule has 1 aliphatic heterocycles. The molecule has 0 aliphatic carbocycles. The van der Waals surface area contributed by atoms with Gasteiger partial charge in [-0.05, 0) is 30.3 Å². The van der Waals surface area contributed by atoms with E-state index in [1.54, 1.807) is 18.2 Å². The average molecular weight is 428 g/mol. The summed E-state index contributed by atoms with van der Waals surface area (Å²) in [6.45, 7) is 1.56. The fourth-order valence-electron chi connectivity index (χ4n) is 3.41. The second-order valence-electron chi connectivity index (χ2n) is 6.86. The summed E-state index contributed by atoms with van der Waals surface area (Å²) in [4.78, 5) is 13.6. The van der Waals surface area contributed by atoms with Gasteiger partial charge in [0, 0.05) is 22.7 Å². The van der Waals surface area contributed by atoms with Gasteiger partial charge in [0.05, 0.1) is 12.2 Å². The Bertz CT molecular complexity index is 1090. The molecule has 0 fully saturated rings. The average Bonchev–Trinajstić information content (AvgIpc) is 2.74. The van der Waals surface area contributed by atoms with Crippen molar-refractivity contribution in [3.63, 3.8) is 0 Å². The van der Waals surface area contributed by atoms with Crippen LogP contribution in [0.15, 0.2) is 60.7 Å². The number of benzene rings is 3. The lowest BCUT2D eigenvalue weighted by Crippen LogP contribution is -2.33. The van der Waals surface area contributed by atoms with E-state index in [1.807, 2.05) is 30.3 Å². The molecule has 0 radical (unpaired) electrons. The molecule has 0 atom stereocenters. The largest absolute Gasteiger partial charge is 0.489 e. The fraction of sp³-hybridized carbons (Fsp3) is 0.174. The number of nitrogens with zero attached hydrogens (tertiary/aromatic N) is 1. The number of carboxylic acids is 1. The molecule has 3 aromatic carbocycles. The van der Waals surface area contributed by atoms with Crippen LogP contribution in [-0.4, -0.2) is 24.2 Å². The minimum Gasteiger partial charge on any atom is -0.489 e. The van der Waals surface area contributed by atoms with Gasteiger partial charge in [-0.2, -0.15) is 0 Å². The Balaban J connectivity index is 1.56. The number of anilines is 1. The van der Waals surface area contributed by atoms with Crippen molar-refractivity contribution in [2.75, 3.05) is 18.1 Å². The molecule has 0 spiro atoms. The molecule has 0 saturated carbocycles. The van der Waals surface area contributed by atoms with Crippen molar-refractivity contribution in [3.05, 3.63) is 88.2 Å². The maximum absolute atomic E-state index is 14.1. The number of halogens is 2. The molecular weight excluding hydrogens is 409 g/mol. The van der Waals surface area contributed by atoms with E-state index in [-0.39, 0.29) is 12.2 Å². The smallest absolute Gasteiger partial charge is 0.339 e. The Hall–Kier alpha value is -3.25. The van der Waals surface area contributed by atoms with Gasteiger partial charge in [0.15, 0.2) is 5.75 Å². The molecule has 3 aromatic rings. The van der Waals surface area contributed by atoms with E-state index < -0.39 is 11.8 Å². The number of ether oxygens (including phenoxy) is 2. The molecule has 0 aromatic heterocycles. The predicted molar refractivity (Wildman–Crippen MR) is 112 cm³/mol. The topological polar surface area (TPSA) is 59.0 Å². The Morgan fingerprint density at radius 3 is 2.77 bits per heavy atom. The highest BCUT2D eigenvalue weighted by molar-refractivity contribution is 6.30. The highest BCUT2D eigenvalue weighted by Gasteiger charge is 2.24. The highest BCUT2D eigenvalue weighted by atomic mass is 35.5. The number of para-hydroxylation sites is 2. The molecule has 1 aliphatic rings. The van der Waals surface area contributed by atoms with E-state index in [9.17, 15) is 14.3 Å². The molecule has 0 saturated heterocycles. The van der Waals surface area contributed by atoms with Crippen molar-refractivity contribution in [1.82, 2.24) is 0 Å². The number of rotatable bonds is 6. The Labute approximate surface area is 178 Å². The summed E-state index contributed by atoms with van der Waals surface area (Å²) in [5, 5.41) is 9.76. The molecule has 4 rings (SSSR count). The van der Waals surface area contributed by atoms with Gasteiger partial charge in [0.1, 0.15) is 30.3 Å². The zero-order valence-electron chi connectivity index (χ0n) is 16.0. The minimum atomic E-state index is -1.03. The molecule has 0 amide bonds. The van der Waals surface area contributed by atoms with E-state index in [1.165, 1.54) is 12.1 Å². The molecule has 7 heteroatoms. The summed E-state index contributed by atoms with van der Waals surface area (Å²) < 4.78 is 25.6. The molecular formula is C23H19ClFNO4. The SMILES string of the molecule is O=C(O)c1cccc2c1OCCN2Cc1ccccc1OCc1ccc(Cl)cc1F. The van der Waals surface area contributed by atoms with Crippen LogP contribution >= 0.6 is 11.6 Å². The molecule has 0 unspecified atom stereocenters. The summed E-state index contributed by atoms with van der Waals surface area (Å²) in [7, 11) is 0. The maximum atomic E-state index is 14.1. The zero-order valence-corrected chi connectivity index (χ0v) is 16.7. The van der Waals surface area contributed by atoms with E-state index in [0.717, 1.165) is 11.3 Å². The summed E-state index contributed by atoms with van der Waals surface area (Å²) in [5.74, 6) is -0.433. The van der Waals surface area contributed by atoms with Gasteiger partial charge >= 0.3 is 5.97 Å². The van der Waals surface area contributed by atoms with E-state index >= 15 is 0 Å². The first kappa shape index (κ1) is 20.0. The third kappa shape index (κ3) is 4.19.